The summed E-state index contributed by atoms with van der Waals surface area (Å²) in [6.07, 6.45) is 0.656. The van der Waals surface area contributed by atoms with Gasteiger partial charge in [0.05, 0.1) is 4.90 Å². The number of anilines is 1. The van der Waals surface area contributed by atoms with Gasteiger partial charge < -0.3 is 0 Å². The normalized spacial score (nSPS) is 11.5. The van der Waals surface area contributed by atoms with Gasteiger partial charge in [-0.15, -0.1) is 0 Å². The number of hydrogen-bond acceptors (Lipinski definition) is 3. The molecule has 5 nitrogen and oxygen atoms in total. The molecule has 0 bridgehead atoms. The number of aromatic nitrogens is 2. The summed E-state index contributed by atoms with van der Waals surface area (Å²) in [5.41, 5.74) is 0.739. The van der Waals surface area contributed by atoms with E-state index in [1.54, 1.807) is 0 Å². The molecule has 0 spiro atoms. The third-order valence-corrected chi connectivity index (χ3v) is 3.73. The number of benzene rings is 1. The van der Waals surface area contributed by atoms with Crippen molar-refractivity contribution < 1.29 is 17.2 Å². The van der Waals surface area contributed by atoms with E-state index < -0.39 is 26.6 Å². The lowest BCUT2D eigenvalue weighted by Crippen LogP contribution is -2.13. The van der Waals surface area contributed by atoms with Crippen LogP contribution in [0.5, 0.6) is 0 Å². The van der Waals surface area contributed by atoms with E-state index in [9.17, 15) is 17.2 Å². The Bertz CT molecular complexity index is 677. The zero-order valence-corrected chi connectivity index (χ0v) is 10.8. The third kappa shape index (κ3) is 3.08. The Labute approximate surface area is 108 Å². The molecule has 2 rings (SSSR count). The van der Waals surface area contributed by atoms with E-state index in [1.165, 1.54) is 6.07 Å². The van der Waals surface area contributed by atoms with Gasteiger partial charge in [0.2, 0.25) is 0 Å². The summed E-state index contributed by atoms with van der Waals surface area (Å²) in [7, 11) is -4.07. The highest BCUT2D eigenvalue weighted by Gasteiger charge is 2.17. The lowest BCUT2D eigenvalue weighted by Gasteiger charge is -2.05. The summed E-state index contributed by atoms with van der Waals surface area (Å²) in [5.74, 6) is -1.85. The van der Waals surface area contributed by atoms with Crippen molar-refractivity contribution in [1.29, 1.82) is 0 Å². The van der Waals surface area contributed by atoms with Gasteiger partial charge in [-0.3, -0.25) is 9.82 Å². The van der Waals surface area contributed by atoms with Crippen LogP contribution in [-0.2, 0) is 16.4 Å². The van der Waals surface area contributed by atoms with Crippen molar-refractivity contribution in [2.75, 3.05) is 4.72 Å². The monoisotopic (exact) mass is 287 g/mol. The Morgan fingerprint density at radius 1 is 1.21 bits per heavy atom. The first kappa shape index (κ1) is 13.5. The summed E-state index contributed by atoms with van der Waals surface area (Å²) in [6.45, 7) is 1.87. The molecule has 1 aromatic heterocycles. The summed E-state index contributed by atoms with van der Waals surface area (Å²) in [5, 5.41) is 6.37. The highest BCUT2D eigenvalue weighted by atomic mass is 32.2. The molecule has 0 saturated carbocycles. The highest BCUT2D eigenvalue weighted by Crippen LogP contribution is 2.17. The molecule has 0 radical (unpaired) electrons. The van der Waals surface area contributed by atoms with Crippen LogP contribution < -0.4 is 4.72 Å². The molecule has 0 amide bonds. The van der Waals surface area contributed by atoms with E-state index in [2.05, 4.69) is 14.9 Å². The SMILES string of the molecule is CCc1cc(NS(=O)(=O)c2cc(F)cc(F)c2)n[nH]1. The first-order valence-electron chi connectivity index (χ1n) is 5.44. The van der Waals surface area contributed by atoms with Gasteiger partial charge in [0.15, 0.2) is 5.82 Å². The summed E-state index contributed by atoms with van der Waals surface area (Å²) >= 11 is 0. The van der Waals surface area contributed by atoms with E-state index in [0.29, 0.717) is 12.5 Å². The van der Waals surface area contributed by atoms with Gasteiger partial charge in [-0.25, -0.2) is 17.2 Å². The van der Waals surface area contributed by atoms with Crippen molar-refractivity contribution in [1.82, 2.24) is 10.2 Å². The average Bonchev–Trinajstić information content (AvgIpc) is 2.74. The molecular formula is C11H11F2N3O2S. The quantitative estimate of drug-likeness (QED) is 0.903. The molecule has 0 fully saturated rings. The van der Waals surface area contributed by atoms with E-state index in [1.807, 2.05) is 6.92 Å². The first-order chi connectivity index (χ1) is 8.90. The summed E-state index contributed by atoms with van der Waals surface area (Å²) < 4.78 is 52.0. The fraction of sp³-hybridized carbons (Fsp3) is 0.182. The molecule has 0 saturated heterocycles. The number of nitrogens with zero attached hydrogens (tertiary/aromatic N) is 1. The van der Waals surface area contributed by atoms with Crippen LogP contribution in [0, 0.1) is 11.6 Å². The van der Waals surface area contributed by atoms with E-state index in [4.69, 9.17) is 0 Å². The molecule has 0 aliphatic carbocycles. The smallest absolute Gasteiger partial charge is 0.263 e. The molecule has 0 aliphatic rings. The third-order valence-electron chi connectivity index (χ3n) is 2.40. The zero-order chi connectivity index (χ0) is 14.0. The van der Waals surface area contributed by atoms with Gasteiger partial charge in [0.25, 0.3) is 10.0 Å². The maximum absolute atomic E-state index is 13.0. The van der Waals surface area contributed by atoms with Gasteiger partial charge >= 0.3 is 0 Å². The highest BCUT2D eigenvalue weighted by molar-refractivity contribution is 7.92. The van der Waals surface area contributed by atoms with Crippen molar-refractivity contribution >= 4 is 15.8 Å². The minimum atomic E-state index is -4.07. The summed E-state index contributed by atoms with van der Waals surface area (Å²) in [6, 6.07) is 3.58. The second kappa shape index (κ2) is 4.96. The van der Waals surface area contributed by atoms with Crippen molar-refractivity contribution in [3.05, 3.63) is 41.6 Å². The van der Waals surface area contributed by atoms with Crippen molar-refractivity contribution in [2.24, 2.45) is 0 Å². The second-order valence-corrected chi connectivity index (χ2v) is 5.53. The number of aromatic amines is 1. The van der Waals surface area contributed by atoms with Gasteiger partial charge in [-0.1, -0.05) is 6.92 Å². The van der Waals surface area contributed by atoms with Crippen LogP contribution in [0.2, 0.25) is 0 Å². The van der Waals surface area contributed by atoms with Crippen LogP contribution in [0.1, 0.15) is 12.6 Å². The van der Waals surface area contributed by atoms with Crippen molar-refractivity contribution in [3.8, 4) is 0 Å². The molecule has 2 aromatic rings. The van der Waals surface area contributed by atoms with Crippen LogP contribution in [0.25, 0.3) is 0 Å². The molecular weight excluding hydrogens is 276 g/mol. The van der Waals surface area contributed by atoms with E-state index in [0.717, 1.165) is 17.8 Å². The van der Waals surface area contributed by atoms with Crippen LogP contribution in [-0.4, -0.2) is 18.6 Å². The maximum Gasteiger partial charge on any atom is 0.263 e. The number of H-pyrrole nitrogens is 1. The van der Waals surface area contributed by atoms with E-state index in [-0.39, 0.29) is 5.82 Å². The Morgan fingerprint density at radius 2 is 1.84 bits per heavy atom. The van der Waals surface area contributed by atoms with Crippen molar-refractivity contribution in [3.63, 3.8) is 0 Å². The number of nitrogens with one attached hydrogen (secondary N) is 2. The van der Waals surface area contributed by atoms with Crippen LogP contribution in [0.4, 0.5) is 14.6 Å². The minimum absolute atomic E-state index is 0.0709. The number of sulfonamides is 1. The minimum Gasteiger partial charge on any atom is -0.280 e. The number of rotatable bonds is 4. The van der Waals surface area contributed by atoms with Gasteiger partial charge in [-0.05, 0) is 18.6 Å². The van der Waals surface area contributed by atoms with Gasteiger partial charge in [0.1, 0.15) is 11.6 Å². The average molecular weight is 287 g/mol. The van der Waals surface area contributed by atoms with Crippen molar-refractivity contribution in [2.45, 2.75) is 18.2 Å². The molecule has 0 unspecified atom stereocenters. The van der Waals surface area contributed by atoms with Gasteiger partial charge in [0, 0.05) is 17.8 Å². The Hall–Kier alpha value is -1.96. The largest absolute Gasteiger partial charge is 0.280 e. The maximum atomic E-state index is 13.0. The molecule has 8 heteroatoms. The number of hydrogen-bond donors (Lipinski definition) is 2. The number of halogens is 2. The molecule has 19 heavy (non-hydrogen) atoms. The van der Waals surface area contributed by atoms with Crippen LogP contribution in [0.3, 0.4) is 0 Å². The molecule has 0 atom stereocenters. The lowest BCUT2D eigenvalue weighted by atomic mass is 10.3. The molecule has 1 aromatic carbocycles. The molecule has 0 aliphatic heterocycles. The fourth-order valence-electron chi connectivity index (χ4n) is 1.48. The van der Waals surface area contributed by atoms with E-state index >= 15 is 0 Å². The van der Waals surface area contributed by atoms with Crippen LogP contribution >= 0.6 is 0 Å². The predicted octanol–water partition coefficient (Wildman–Crippen LogP) is 2.05. The Balaban J connectivity index is 2.31. The fourth-order valence-corrected chi connectivity index (χ4v) is 2.51. The topological polar surface area (TPSA) is 74.8 Å². The molecule has 2 N–H and O–H groups in total. The van der Waals surface area contributed by atoms with Crippen LogP contribution in [0.15, 0.2) is 29.2 Å². The molecule has 1 heterocycles. The Morgan fingerprint density at radius 3 is 2.37 bits per heavy atom. The summed E-state index contributed by atoms with van der Waals surface area (Å²) in [4.78, 5) is -0.494. The standard InChI is InChI=1S/C11H11F2N3O2S/c1-2-9-6-11(15-14-9)16-19(17,18)10-4-7(12)3-8(13)5-10/h3-6H,2H2,1H3,(H2,14,15,16). The first-order valence-corrected chi connectivity index (χ1v) is 6.92. The second-order valence-electron chi connectivity index (χ2n) is 3.84. The van der Waals surface area contributed by atoms with Gasteiger partial charge in [-0.2, -0.15) is 5.10 Å². The number of aryl methyl sites for hydroxylation is 1. The Kier molecular flexibility index (Phi) is 3.52. The molecule has 102 valence electrons. The lowest BCUT2D eigenvalue weighted by molar-refractivity contribution is 0.568. The predicted molar refractivity (Wildman–Crippen MR) is 65.1 cm³/mol. The zero-order valence-electron chi connectivity index (χ0n) is 9.94.